The van der Waals surface area contributed by atoms with Crippen molar-refractivity contribution in [3.8, 4) is 56.2 Å². The fourth-order valence-corrected chi connectivity index (χ4v) is 7.08. The number of fused-ring (bicyclic) bond motifs is 6. The lowest BCUT2D eigenvalue weighted by Gasteiger charge is -2.14. The van der Waals surface area contributed by atoms with Crippen LogP contribution in [0.4, 0.5) is 0 Å². The fraction of sp³-hybridized carbons (Fsp3) is 0. The third kappa shape index (κ3) is 4.60. The number of hydrogen-bond donors (Lipinski definition) is 0. The van der Waals surface area contributed by atoms with E-state index in [-0.39, 0.29) is 0 Å². The maximum Gasteiger partial charge on any atom is 0.160 e. The van der Waals surface area contributed by atoms with Crippen molar-refractivity contribution in [3.63, 3.8) is 0 Å². The molecule has 0 atom stereocenters. The topological polar surface area (TPSA) is 65.0 Å². The zero-order valence-corrected chi connectivity index (χ0v) is 26.7. The molecule has 0 N–H and O–H groups in total. The Hall–Kier alpha value is -6.85. The van der Waals surface area contributed by atoms with E-state index in [2.05, 4.69) is 102 Å². The molecule has 6 aromatic carbocycles. The maximum atomic E-state index is 6.70. The lowest BCUT2D eigenvalue weighted by Crippen LogP contribution is -1.97. The zero-order valence-electron chi connectivity index (χ0n) is 26.7. The molecule has 0 unspecified atom stereocenters. The average molecular weight is 642 g/mol. The van der Waals surface area contributed by atoms with Gasteiger partial charge in [0.25, 0.3) is 0 Å². The van der Waals surface area contributed by atoms with Gasteiger partial charge in [0.1, 0.15) is 22.3 Å². The van der Waals surface area contributed by atoms with Gasteiger partial charge in [-0.15, -0.1) is 0 Å². The van der Waals surface area contributed by atoms with Crippen LogP contribution in [0.5, 0.6) is 0 Å². The highest BCUT2D eigenvalue weighted by Gasteiger charge is 2.21. The summed E-state index contributed by atoms with van der Waals surface area (Å²) in [6, 6.07) is 51.7. The summed E-state index contributed by atoms with van der Waals surface area (Å²) >= 11 is 0. The van der Waals surface area contributed by atoms with Crippen LogP contribution in [-0.2, 0) is 0 Å². The molecular formula is C45H27N3O2. The van der Waals surface area contributed by atoms with Crippen molar-refractivity contribution in [1.82, 2.24) is 15.0 Å². The number of pyridine rings is 1. The van der Waals surface area contributed by atoms with Crippen LogP contribution in [0.15, 0.2) is 173 Å². The number of hydrogen-bond acceptors (Lipinski definition) is 5. The van der Waals surface area contributed by atoms with Crippen molar-refractivity contribution >= 4 is 43.9 Å². The molecule has 10 rings (SSSR count). The van der Waals surface area contributed by atoms with E-state index in [0.29, 0.717) is 5.82 Å². The van der Waals surface area contributed by atoms with Crippen LogP contribution >= 0.6 is 0 Å². The molecule has 0 aliphatic rings. The van der Waals surface area contributed by atoms with E-state index in [0.717, 1.165) is 94.2 Å². The molecule has 0 aliphatic heterocycles. The minimum atomic E-state index is 0.652. The molecular weight excluding hydrogens is 615 g/mol. The van der Waals surface area contributed by atoms with Crippen molar-refractivity contribution in [2.24, 2.45) is 0 Å². The predicted molar refractivity (Wildman–Crippen MR) is 202 cm³/mol. The Balaban J connectivity index is 1.22. The van der Waals surface area contributed by atoms with Gasteiger partial charge in [0, 0.05) is 61.8 Å². The maximum absolute atomic E-state index is 6.70. The summed E-state index contributed by atoms with van der Waals surface area (Å²) in [6.07, 6.45) is 3.68. The second-order valence-electron chi connectivity index (χ2n) is 12.4. The number of nitrogens with zero attached hydrogens (tertiary/aromatic N) is 3. The van der Waals surface area contributed by atoms with Crippen molar-refractivity contribution in [2.75, 3.05) is 0 Å². The molecule has 10 aromatic rings. The highest BCUT2D eigenvalue weighted by molar-refractivity contribution is 6.16. The summed E-state index contributed by atoms with van der Waals surface area (Å²) in [5, 5.41) is 4.24. The Kier molecular flexibility index (Phi) is 6.42. The number of para-hydroxylation sites is 2. The van der Waals surface area contributed by atoms with Gasteiger partial charge in [-0.1, -0.05) is 109 Å². The second kappa shape index (κ2) is 11.4. The first-order valence-corrected chi connectivity index (χ1v) is 16.6. The molecule has 0 fully saturated rings. The summed E-state index contributed by atoms with van der Waals surface area (Å²) in [6.45, 7) is 0. The first-order chi connectivity index (χ1) is 24.8. The van der Waals surface area contributed by atoms with Gasteiger partial charge in [0.15, 0.2) is 5.82 Å². The van der Waals surface area contributed by atoms with E-state index in [1.165, 1.54) is 0 Å². The smallest absolute Gasteiger partial charge is 0.160 e. The number of furan rings is 2. The molecule has 5 heteroatoms. The molecule has 0 aliphatic carbocycles. The van der Waals surface area contributed by atoms with Crippen molar-refractivity contribution in [3.05, 3.63) is 164 Å². The van der Waals surface area contributed by atoms with Crippen LogP contribution in [0.3, 0.4) is 0 Å². The fourth-order valence-electron chi connectivity index (χ4n) is 7.08. The van der Waals surface area contributed by atoms with E-state index in [9.17, 15) is 0 Å². The summed E-state index contributed by atoms with van der Waals surface area (Å²) in [5.74, 6) is 0.652. The van der Waals surface area contributed by atoms with Gasteiger partial charge in [-0.05, 0) is 53.6 Å². The standard InChI is InChI=1S/C45H27N3O2/c1-2-11-28(12-3-1)45-47-38(33-15-5-4-14-31(33)30-13-10-24-46-27-30)26-39(48-45)36-23-22-32(44-43(36)37-17-7-9-19-41(37)50-44)29-20-21-35-34-16-6-8-18-40(34)49-42(35)25-29/h1-27H. The molecule has 50 heavy (non-hydrogen) atoms. The Morgan fingerprint density at radius 3 is 1.88 bits per heavy atom. The van der Waals surface area contributed by atoms with Crippen LogP contribution in [0.25, 0.3) is 100 Å². The first kappa shape index (κ1) is 28.2. The monoisotopic (exact) mass is 641 g/mol. The average Bonchev–Trinajstić information content (AvgIpc) is 3.77. The molecule has 0 spiro atoms. The van der Waals surface area contributed by atoms with Gasteiger partial charge in [-0.3, -0.25) is 4.98 Å². The molecule has 5 nitrogen and oxygen atoms in total. The van der Waals surface area contributed by atoms with Crippen LogP contribution in [0, 0.1) is 0 Å². The molecule has 0 bridgehead atoms. The molecule has 4 heterocycles. The minimum absolute atomic E-state index is 0.652. The summed E-state index contributed by atoms with van der Waals surface area (Å²) in [5.41, 5.74) is 12.0. The van der Waals surface area contributed by atoms with Crippen molar-refractivity contribution in [1.29, 1.82) is 0 Å². The molecule has 0 radical (unpaired) electrons. The lowest BCUT2D eigenvalue weighted by molar-refractivity contribution is 0.668. The van der Waals surface area contributed by atoms with Crippen LogP contribution in [0.2, 0.25) is 0 Å². The lowest BCUT2D eigenvalue weighted by atomic mass is 9.94. The predicted octanol–water partition coefficient (Wildman–Crippen LogP) is 12.0. The van der Waals surface area contributed by atoms with Crippen molar-refractivity contribution < 1.29 is 8.83 Å². The highest BCUT2D eigenvalue weighted by Crippen LogP contribution is 2.43. The molecule has 0 saturated heterocycles. The molecule has 0 amide bonds. The Labute approximate surface area is 287 Å². The molecule has 0 saturated carbocycles. The van der Waals surface area contributed by atoms with Gasteiger partial charge in [-0.25, -0.2) is 9.97 Å². The number of benzene rings is 6. The number of aromatic nitrogens is 3. The van der Waals surface area contributed by atoms with Gasteiger partial charge >= 0.3 is 0 Å². The van der Waals surface area contributed by atoms with E-state index in [1.807, 2.05) is 60.8 Å². The van der Waals surface area contributed by atoms with E-state index in [4.69, 9.17) is 18.8 Å². The molecule has 4 aromatic heterocycles. The van der Waals surface area contributed by atoms with E-state index < -0.39 is 0 Å². The third-order valence-corrected chi connectivity index (χ3v) is 9.43. The van der Waals surface area contributed by atoms with Gasteiger partial charge in [-0.2, -0.15) is 0 Å². The summed E-state index contributed by atoms with van der Waals surface area (Å²) < 4.78 is 13.0. The minimum Gasteiger partial charge on any atom is -0.456 e. The first-order valence-electron chi connectivity index (χ1n) is 16.6. The Morgan fingerprint density at radius 2 is 1.06 bits per heavy atom. The van der Waals surface area contributed by atoms with Crippen LogP contribution in [0.1, 0.15) is 0 Å². The SMILES string of the molecule is c1ccc(-c2nc(-c3ccccc3-c3cccnc3)cc(-c3ccc(-c4ccc5c(c4)oc4ccccc45)c4oc5ccccc5c34)n2)cc1. The van der Waals surface area contributed by atoms with Gasteiger partial charge in [0.2, 0.25) is 0 Å². The highest BCUT2D eigenvalue weighted by atomic mass is 16.3. The number of rotatable bonds is 5. The third-order valence-electron chi connectivity index (χ3n) is 9.43. The Morgan fingerprint density at radius 1 is 0.400 bits per heavy atom. The Bertz CT molecular complexity index is 2870. The normalized spacial score (nSPS) is 11.6. The molecule has 234 valence electrons. The van der Waals surface area contributed by atoms with E-state index in [1.54, 1.807) is 6.20 Å². The van der Waals surface area contributed by atoms with Crippen LogP contribution in [-0.4, -0.2) is 15.0 Å². The zero-order chi connectivity index (χ0) is 33.0. The second-order valence-corrected chi connectivity index (χ2v) is 12.4. The largest absolute Gasteiger partial charge is 0.456 e. The van der Waals surface area contributed by atoms with E-state index >= 15 is 0 Å². The summed E-state index contributed by atoms with van der Waals surface area (Å²) in [7, 11) is 0. The van der Waals surface area contributed by atoms with Crippen LogP contribution < -0.4 is 0 Å². The quantitative estimate of drug-likeness (QED) is 0.187. The van der Waals surface area contributed by atoms with Crippen molar-refractivity contribution in [2.45, 2.75) is 0 Å². The van der Waals surface area contributed by atoms with Gasteiger partial charge in [0.05, 0.1) is 11.4 Å². The van der Waals surface area contributed by atoms with Gasteiger partial charge < -0.3 is 8.83 Å². The summed E-state index contributed by atoms with van der Waals surface area (Å²) in [4.78, 5) is 14.8.